The zero-order valence-electron chi connectivity index (χ0n) is 12.8. The predicted molar refractivity (Wildman–Crippen MR) is 89.9 cm³/mol. The molecule has 22 heavy (non-hydrogen) atoms. The molecule has 3 heteroatoms. The summed E-state index contributed by atoms with van der Waals surface area (Å²) >= 11 is 0. The lowest BCUT2D eigenvalue weighted by molar-refractivity contribution is 0.306. The highest BCUT2D eigenvalue weighted by Crippen LogP contribution is 2.15. The molecule has 2 aromatic carbocycles. The maximum absolute atomic E-state index is 8.75. The Labute approximate surface area is 131 Å². The van der Waals surface area contributed by atoms with Gasteiger partial charge in [0.15, 0.2) is 0 Å². The molecular formula is C19H20N2O. The van der Waals surface area contributed by atoms with Crippen molar-refractivity contribution in [1.29, 1.82) is 5.26 Å². The molecule has 0 atom stereocenters. The van der Waals surface area contributed by atoms with Crippen LogP contribution < -0.4 is 4.74 Å². The number of aliphatic imine (C=N–C) groups is 1. The van der Waals surface area contributed by atoms with Crippen molar-refractivity contribution in [2.75, 3.05) is 6.61 Å². The zero-order valence-corrected chi connectivity index (χ0v) is 12.8. The standard InChI is InChI=1S/C19H20N2O/c1-2-3-4-13-22-19-11-7-17(8-12-19)15-21-18-9-5-16(14-20)6-10-18/h5-12,15H,2-4,13H2,1H3. The number of hydrogen-bond donors (Lipinski definition) is 0. The van der Waals surface area contributed by atoms with Crippen LogP contribution >= 0.6 is 0 Å². The molecular weight excluding hydrogens is 272 g/mol. The van der Waals surface area contributed by atoms with E-state index in [0.29, 0.717) is 5.56 Å². The number of ether oxygens (including phenoxy) is 1. The Hall–Kier alpha value is -2.60. The molecule has 0 aliphatic carbocycles. The average molecular weight is 292 g/mol. The Morgan fingerprint density at radius 3 is 2.41 bits per heavy atom. The van der Waals surface area contributed by atoms with Crippen LogP contribution in [0.1, 0.15) is 37.3 Å². The molecule has 0 aliphatic rings. The first kappa shape index (κ1) is 15.8. The van der Waals surface area contributed by atoms with Gasteiger partial charge in [-0.2, -0.15) is 5.26 Å². The SMILES string of the molecule is CCCCCOc1ccc(C=Nc2ccc(C#N)cc2)cc1. The van der Waals surface area contributed by atoms with Crippen LogP contribution in [0.3, 0.4) is 0 Å². The summed E-state index contributed by atoms with van der Waals surface area (Å²) in [4.78, 5) is 4.39. The summed E-state index contributed by atoms with van der Waals surface area (Å²) in [5, 5.41) is 8.75. The lowest BCUT2D eigenvalue weighted by Crippen LogP contribution is -1.96. The fraction of sp³-hybridized carbons (Fsp3) is 0.263. The highest BCUT2D eigenvalue weighted by molar-refractivity contribution is 5.82. The van der Waals surface area contributed by atoms with Crippen LogP contribution in [0.2, 0.25) is 0 Å². The van der Waals surface area contributed by atoms with Crippen molar-refractivity contribution < 1.29 is 4.74 Å². The molecule has 0 saturated heterocycles. The third-order valence-corrected chi connectivity index (χ3v) is 3.26. The van der Waals surface area contributed by atoms with E-state index in [9.17, 15) is 0 Å². The smallest absolute Gasteiger partial charge is 0.119 e. The third kappa shape index (κ3) is 5.06. The molecule has 0 radical (unpaired) electrons. The van der Waals surface area contributed by atoms with E-state index < -0.39 is 0 Å². The van der Waals surface area contributed by atoms with Gasteiger partial charge in [-0.25, -0.2) is 0 Å². The highest BCUT2D eigenvalue weighted by Gasteiger charge is 1.95. The molecule has 112 valence electrons. The first-order valence-electron chi connectivity index (χ1n) is 7.59. The number of unbranched alkanes of at least 4 members (excludes halogenated alkanes) is 2. The first-order valence-corrected chi connectivity index (χ1v) is 7.59. The van der Waals surface area contributed by atoms with Crippen molar-refractivity contribution in [2.45, 2.75) is 26.2 Å². The fourth-order valence-electron chi connectivity index (χ4n) is 1.96. The van der Waals surface area contributed by atoms with Crippen LogP contribution in [-0.4, -0.2) is 12.8 Å². The topological polar surface area (TPSA) is 45.4 Å². The van der Waals surface area contributed by atoms with E-state index in [1.54, 1.807) is 12.1 Å². The second kappa shape index (κ2) is 8.63. The van der Waals surface area contributed by atoms with Gasteiger partial charge in [-0.1, -0.05) is 19.8 Å². The van der Waals surface area contributed by atoms with Gasteiger partial charge in [0.2, 0.25) is 0 Å². The Kier molecular flexibility index (Phi) is 6.19. The first-order chi connectivity index (χ1) is 10.8. The van der Waals surface area contributed by atoms with E-state index in [-0.39, 0.29) is 0 Å². The lowest BCUT2D eigenvalue weighted by Gasteiger charge is -2.05. The quantitative estimate of drug-likeness (QED) is 0.539. The predicted octanol–water partition coefficient (Wildman–Crippen LogP) is 4.88. The number of benzene rings is 2. The molecule has 2 rings (SSSR count). The summed E-state index contributed by atoms with van der Waals surface area (Å²) in [6.45, 7) is 2.95. The second-order valence-corrected chi connectivity index (χ2v) is 5.04. The van der Waals surface area contributed by atoms with Crippen LogP contribution in [0.4, 0.5) is 5.69 Å². The minimum atomic E-state index is 0.642. The maximum Gasteiger partial charge on any atom is 0.119 e. The number of hydrogen-bond acceptors (Lipinski definition) is 3. The molecule has 0 fully saturated rings. The molecule has 0 aliphatic heterocycles. The molecule has 0 unspecified atom stereocenters. The minimum Gasteiger partial charge on any atom is -0.494 e. The molecule has 0 saturated carbocycles. The zero-order chi connectivity index (χ0) is 15.6. The van der Waals surface area contributed by atoms with Gasteiger partial charge in [0.25, 0.3) is 0 Å². The van der Waals surface area contributed by atoms with Crippen LogP contribution in [0.5, 0.6) is 5.75 Å². The molecule has 0 heterocycles. The molecule has 3 nitrogen and oxygen atoms in total. The molecule has 0 amide bonds. The molecule has 0 spiro atoms. The van der Waals surface area contributed by atoms with Gasteiger partial charge in [-0.05, 0) is 60.5 Å². The molecule has 2 aromatic rings. The lowest BCUT2D eigenvalue weighted by atomic mass is 10.2. The van der Waals surface area contributed by atoms with Crippen molar-refractivity contribution in [2.24, 2.45) is 4.99 Å². The Balaban J connectivity index is 1.90. The third-order valence-electron chi connectivity index (χ3n) is 3.26. The molecule has 0 bridgehead atoms. The van der Waals surface area contributed by atoms with Crippen LogP contribution in [0.25, 0.3) is 0 Å². The van der Waals surface area contributed by atoms with Crippen molar-refractivity contribution in [3.8, 4) is 11.8 Å². The largest absolute Gasteiger partial charge is 0.494 e. The van der Waals surface area contributed by atoms with E-state index >= 15 is 0 Å². The minimum absolute atomic E-state index is 0.642. The Morgan fingerprint density at radius 2 is 1.77 bits per heavy atom. The maximum atomic E-state index is 8.75. The molecule has 0 N–H and O–H groups in total. The van der Waals surface area contributed by atoms with Crippen LogP contribution in [-0.2, 0) is 0 Å². The number of nitriles is 1. The van der Waals surface area contributed by atoms with Crippen molar-refractivity contribution in [1.82, 2.24) is 0 Å². The normalized spacial score (nSPS) is 10.5. The highest BCUT2D eigenvalue weighted by atomic mass is 16.5. The van der Waals surface area contributed by atoms with E-state index in [1.807, 2.05) is 42.6 Å². The van der Waals surface area contributed by atoms with Gasteiger partial charge in [-0.3, -0.25) is 4.99 Å². The monoisotopic (exact) mass is 292 g/mol. The van der Waals surface area contributed by atoms with Crippen LogP contribution in [0.15, 0.2) is 53.5 Å². The van der Waals surface area contributed by atoms with E-state index in [2.05, 4.69) is 18.0 Å². The van der Waals surface area contributed by atoms with Gasteiger partial charge in [0.1, 0.15) is 5.75 Å². The molecule has 0 aromatic heterocycles. The van der Waals surface area contributed by atoms with Crippen molar-refractivity contribution in [3.05, 3.63) is 59.7 Å². The summed E-state index contributed by atoms with van der Waals surface area (Å²) in [6, 6.07) is 17.2. The second-order valence-electron chi connectivity index (χ2n) is 5.04. The summed E-state index contributed by atoms with van der Waals surface area (Å²) in [5.41, 5.74) is 2.49. The number of nitrogens with zero attached hydrogens (tertiary/aromatic N) is 2. The van der Waals surface area contributed by atoms with Crippen LogP contribution in [0, 0.1) is 11.3 Å². The van der Waals surface area contributed by atoms with E-state index in [4.69, 9.17) is 10.00 Å². The van der Waals surface area contributed by atoms with Crippen molar-refractivity contribution >= 4 is 11.9 Å². The summed E-state index contributed by atoms with van der Waals surface area (Å²) in [7, 11) is 0. The Morgan fingerprint density at radius 1 is 1.05 bits per heavy atom. The van der Waals surface area contributed by atoms with E-state index in [0.717, 1.165) is 30.0 Å². The summed E-state index contributed by atoms with van der Waals surface area (Å²) < 4.78 is 5.68. The average Bonchev–Trinajstić information content (AvgIpc) is 2.58. The van der Waals surface area contributed by atoms with Gasteiger partial charge in [-0.15, -0.1) is 0 Å². The van der Waals surface area contributed by atoms with Gasteiger partial charge >= 0.3 is 0 Å². The van der Waals surface area contributed by atoms with Crippen molar-refractivity contribution in [3.63, 3.8) is 0 Å². The number of rotatable bonds is 7. The van der Waals surface area contributed by atoms with Gasteiger partial charge in [0.05, 0.1) is 23.9 Å². The summed E-state index contributed by atoms with van der Waals surface area (Å²) in [5.74, 6) is 0.895. The fourth-order valence-corrected chi connectivity index (χ4v) is 1.96. The van der Waals surface area contributed by atoms with E-state index in [1.165, 1.54) is 12.8 Å². The Bertz CT molecular complexity index is 637. The summed E-state index contributed by atoms with van der Waals surface area (Å²) in [6.07, 6.45) is 5.31. The van der Waals surface area contributed by atoms with Gasteiger partial charge < -0.3 is 4.74 Å². The van der Waals surface area contributed by atoms with Gasteiger partial charge in [0, 0.05) is 6.21 Å².